The second kappa shape index (κ2) is 9.83. The fourth-order valence-corrected chi connectivity index (χ4v) is 4.18. The molecule has 3 aromatic carbocycles. The minimum Gasteiger partial charge on any atom is -0.460 e. The van der Waals surface area contributed by atoms with E-state index in [2.05, 4.69) is 22.1 Å². The molecular weight excluding hydrogens is 658 g/mol. The molecule has 37 heavy (non-hydrogen) atoms. The number of rotatable bonds is 4. The van der Waals surface area contributed by atoms with E-state index in [0.29, 0.717) is 22.7 Å². The van der Waals surface area contributed by atoms with Crippen LogP contribution < -0.4 is 4.74 Å². The summed E-state index contributed by atoms with van der Waals surface area (Å²) in [4.78, 5) is 8.10. The number of ether oxygens (including phenoxy) is 1. The Morgan fingerprint density at radius 1 is 0.730 bits per heavy atom. The van der Waals surface area contributed by atoms with Crippen molar-refractivity contribution >= 4 is 21.8 Å². The molecule has 4 nitrogen and oxygen atoms in total. The molecule has 0 bridgehead atoms. The quantitative estimate of drug-likeness (QED) is 0.181. The Bertz CT molecular complexity index is 1720. The van der Waals surface area contributed by atoms with Crippen molar-refractivity contribution in [3.05, 3.63) is 115 Å². The first-order chi connectivity index (χ1) is 17.5. The van der Waals surface area contributed by atoms with E-state index in [4.69, 9.17) is 4.74 Å². The van der Waals surface area contributed by atoms with Gasteiger partial charge in [0.25, 0.3) is 0 Å². The third-order valence-electron chi connectivity index (χ3n) is 5.75. The molecule has 0 N–H and O–H groups in total. The standard InChI is InChI=1S/C29H16F3N3O.Pt/c30-29(31,32)26-11-6-12-27(34-26)35-24-10-2-1-9-22(24)23-15-14-20(18-25(23)35)19-7-5-8-21(17-19)36-28-13-3-4-16-33-28;/h1-16H;/q-2;+2. The van der Waals surface area contributed by atoms with Gasteiger partial charge in [0.2, 0.25) is 5.88 Å². The first-order valence-electron chi connectivity index (χ1n) is 11.1. The van der Waals surface area contributed by atoms with Crippen LogP contribution in [0.5, 0.6) is 11.6 Å². The molecule has 0 aliphatic rings. The summed E-state index contributed by atoms with van der Waals surface area (Å²) < 4.78 is 47.8. The van der Waals surface area contributed by atoms with Crippen molar-refractivity contribution in [1.29, 1.82) is 0 Å². The fourth-order valence-electron chi connectivity index (χ4n) is 4.18. The van der Waals surface area contributed by atoms with Gasteiger partial charge < -0.3 is 9.30 Å². The molecular formula is C29H16F3N3OPt. The molecule has 0 radical (unpaired) electrons. The van der Waals surface area contributed by atoms with Crippen LogP contribution in [0.3, 0.4) is 0 Å². The van der Waals surface area contributed by atoms with Crippen LogP contribution in [0.4, 0.5) is 13.2 Å². The van der Waals surface area contributed by atoms with Gasteiger partial charge in [-0.1, -0.05) is 35.7 Å². The largest absolute Gasteiger partial charge is 2.00 e. The van der Waals surface area contributed by atoms with Gasteiger partial charge in [-0.2, -0.15) is 37.4 Å². The van der Waals surface area contributed by atoms with Crippen LogP contribution in [0, 0.1) is 12.1 Å². The van der Waals surface area contributed by atoms with Crippen molar-refractivity contribution in [3.63, 3.8) is 0 Å². The summed E-state index contributed by atoms with van der Waals surface area (Å²) in [5.41, 5.74) is 1.84. The molecule has 3 heterocycles. The Morgan fingerprint density at radius 2 is 1.51 bits per heavy atom. The summed E-state index contributed by atoms with van der Waals surface area (Å²) in [7, 11) is 0. The summed E-state index contributed by atoms with van der Waals surface area (Å²) in [6, 6.07) is 32.8. The monoisotopic (exact) mass is 674 g/mol. The summed E-state index contributed by atoms with van der Waals surface area (Å²) in [6.45, 7) is 0. The Balaban J connectivity index is 0.00000280. The number of aromatic nitrogens is 3. The van der Waals surface area contributed by atoms with E-state index in [1.165, 1.54) is 6.07 Å². The molecule has 6 aromatic rings. The van der Waals surface area contributed by atoms with Gasteiger partial charge in [-0.05, 0) is 35.2 Å². The molecule has 0 saturated carbocycles. The summed E-state index contributed by atoms with van der Waals surface area (Å²) in [5.74, 6) is 1.10. The van der Waals surface area contributed by atoms with Crippen LogP contribution in [0.2, 0.25) is 0 Å². The maximum atomic E-state index is 13.4. The first kappa shape index (κ1) is 24.7. The van der Waals surface area contributed by atoms with Gasteiger partial charge in [0.15, 0.2) is 0 Å². The molecule has 0 aliphatic heterocycles. The van der Waals surface area contributed by atoms with Crippen LogP contribution in [-0.2, 0) is 27.2 Å². The summed E-state index contributed by atoms with van der Waals surface area (Å²) in [5, 5.41) is 1.75. The Hall–Kier alpha value is -3.96. The smallest absolute Gasteiger partial charge is 0.460 e. The van der Waals surface area contributed by atoms with E-state index >= 15 is 0 Å². The third kappa shape index (κ3) is 4.75. The van der Waals surface area contributed by atoms with Crippen LogP contribution in [0.25, 0.3) is 38.8 Å². The molecule has 0 saturated heterocycles. The molecule has 0 unspecified atom stereocenters. The molecule has 0 atom stereocenters. The average molecular weight is 675 g/mol. The topological polar surface area (TPSA) is 39.9 Å². The van der Waals surface area contributed by atoms with Crippen LogP contribution in [-0.4, -0.2) is 14.5 Å². The number of hydrogen-bond donors (Lipinski definition) is 0. The minimum absolute atomic E-state index is 0. The molecule has 0 amide bonds. The molecule has 184 valence electrons. The van der Waals surface area contributed by atoms with Crippen molar-refractivity contribution in [2.75, 3.05) is 0 Å². The number of pyridine rings is 2. The van der Waals surface area contributed by atoms with Crippen LogP contribution >= 0.6 is 0 Å². The van der Waals surface area contributed by atoms with Gasteiger partial charge in [0.1, 0.15) is 11.5 Å². The zero-order valence-corrected chi connectivity index (χ0v) is 21.2. The molecule has 0 spiro atoms. The van der Waals surface area contributed by atoms with Gasteiger partial charge in [-0.15, -0.1) is 18.2 Å². The molecule has 6 rings (SSSR count). The number of para-hydroxylation sites is 1. The zero-order valence-electron chi connectivity index (χ0n) is 18.9. The number of nitrogens with zero attached hydrogens (tertiary/aromatic N) is 3. The molecule has 3 aromatic heterocycles. The van der Waals surface area contributed by atoms with E-state index in [0.717, 1.165) is 27.9 Å². The average Bonchev–Trinajstić information content (AvgIpc) is 3.23. The summed E-state index contributed by atoms with van der Waals surface area (Å²) in [6.07, 6.45) is -2.91. The van der Waals surface area contributed by atoms with Crippen molar-refractivity contribution in [3.8, 4) is 28.6 Å². The Labute approximate surface area is 224 Å². The molecule has 8 heteroatoms. The van der Waals surface area contributed by atoms with E-state index in [-0.39, 0.29) is 26.9 Å². The Morgan fingerprint density at radius 3 is 2.32 bits per heavy atom. The second-order valence-corrected chi connectivity index (χ2v) is 8.06. The van der Waals surface area contributed by atoms with E-state index < -0.39 is 11.9 Å². The fraction of sp³-hybridized carbons (Fsp3) is 0.0345. The number of alkyl halides is 3. The Kier molecular flexibility index (Phi) is 6.57. The van der Waals surface area contributed by atoms with Gasteiger partial charge in [-0.3, -0.25) is 0 Å². The van der Waals surface area contributed by atoms with Crippen LogP contribution in [0.15, 0.2) is 97.2 Å². The number of fused-ring (bicyclic) bond motifs is 3. The number of benzene rings is 3. The first-order valence-corrected chi connectivity index (χ1v) is 11.1. The maximum absolute atomic E-state index is 13.4. The predicted octanol–water partition coefficient (Wildman–Crippen LogP) is 7.65. The number of halogens is 3. The normalized spacial score (nSPS) is 11.4. The summed E-state index contributed by atoms with van der Waals surface area (Å²) >= 11 is 0. The van der Waals surface area contributed by atoms with Crippen molar-refractivity contribution in [2.45, 2.75) is 6.18 Å². The minimum atomic E-state index is -4.55. The van der Waals surface area contributed by atoms with Gasteiger partial charge >= 0.3 is 27.2 Å². The van der Waals surface area contributed by atoms with Crippen LogP contribution in [0.1, 0.15) is 5.69 Å². The molecule has 0 fully saturated rings. The zero-order chi connectivity index (χ0) is 24.7. The van der Waals surface area contributed by atoms with E-state index in [1.807, 2.05) is 54.6 Å². The van der Waals surface area contributed by atoms with Crippen molar-refractivity contribution in [2.24, 2.45) is 0 Å². The number of hydrogen-bond acceptors (Lipinski definition) is 3. The van der Waals surface area contributed by atoms with E-state index in [1.54, 1.807) is 35.0 Å². The van der Waals surface area contributed by atoms with E-state index in [9.17, 15) is 13.2 Å². The third-order valence-corrected chi connectivity index (χ3v) is 5.75. The SMILES string of the molecule is FC(F)(F)c1cccc(-n2c3[c-]c(-c4[c-]c(Oc5ccccn5)ccc4)ccc3c3ccccc32)n1.[Pt+2]. The maximum Gasteiger partial charge on any atom is 2.00 e. The van der Waals surface area contributed by atoms with Gasteiger partial charge in [0.05, 0.1) is 0 Å². The van der Waals surface area contributed by atoms with Crippen molar-refractivity contribution in [1.82, 2.24) is 14.5 Å². The second-order valence-electron chi connectivity index (χ2n) is 8.06. The van der Waals surface area contributed by atoms with Crippen molar-refractivity contribution < 1.29 is 39.0 Å². The molecule has 0 aliphatic carbocycles. The predicted molar refractivity (Wildman–Crippen MR) is 131 cm³/mol. The van der Waals surface area contributed by atoms with Gasteiger partial charge in [0, 0.05) is 23.5 Å². The van der Waals surface area contributed by atoms with Gasteiger partial charge in [-0.25, -0.2) is 21.1 Å².